The van der Waals surface area contributed by atoms with Crippen molar-refractivity contribution in [2.24, 2.45) is 0 Å². The van der Waals surface area contributed by atoms with Crippen molar-refractivity contribution in [3.05, 3.63) is 52.8 Å². The highest BCUT2D eigenvalue weighted by Crippen LogP contribution is 2.36. The molecule has 3 N–H and O–H groups in total. The van der Waals surface area contributed by atoms with Gasteiger partial charge in [-0.05, 0) is 56.0 Å². The van der Waals surface area contributed by atoms with Crippen LogP contribution in [0.3, 0.4) is 0 Å². The van der Waals surface area contributed by atoms with Gasteiger partial charge in [0, 0.05) is 48.6 Å². The number of benzene rings is 1. The zero-order chi connectivity index (χ0) is 27.1. The molecule has 9 nitrogen and oxygen atoms in total. The largest absolute Gasteiger partial charge is 0.416 e. The Bertz CT molecular complexity index is 1360. The summed E-state index contributed by atoms with van der Waals surface area (Å²) in [7, 11) is 0. The molecule has 2 aliphatic heterocycles. The molecule has 3 aromatic rings. The highest BCUT2D eigenvalue weighted by atomic mass is 19.4. The number of alkyl halides is 3. The minimum absolute atomic E-state index is 0.0753. The van der Waals surface area contributed by atoms with E-state index in [1.165, 1.54) is 11.6 Å². The van der Waals surface area contributed by atoms with Crippen LogP contribution in [0.5, 0.6) is 0 Å². The number of ether oxygens (including phenoxy) is 2. The van der Waals surface area contributed by atoms with Crippen molar-refractivity contribution >= 4 is 22.6 Å². The number of aromatic nitrogens is 3. The quantitative estimate of drug-likeness (QED) is 0.419. The molecule has 2 saturated heterocycles. The van der Waals surface area contributed by atoms with Gasteiger partial charge < -0.3 is 20.1 Å². The number of anilines is 1. The average molecular weight is 545 g/mol. The lowest BCUT2D eigenvalue weighted by molar-refractivity contribution is -0.137. The number of rotatable bonds is 7. The fourth-order valence-electron chi connectivity index (χ4n) is 5.86. The molecule has 1 aliphatic carbocycles. The number of carbonyl (C=O) groups is 1. The van der Waals surface area contributed by atoms with Crippen LogP contribution in [-0.4, -0.2) is 77.0 Å². The number of aromatic amines is 1. The number of fused-ring (bicyclic) bond motifs is 2. The van der Waals surface area contributed by atoms with Crippen LogP contribution in [0, 0.1) is 6.92 Å². The third kappa shape index (κ3) is 5.45. The van der Waals surface area contributed by atoms with Crippen molar-refractivity contribution in [2.45, 2.75) is 56.7 Å². The minimum Gasteiger partial charge on any atom is -0.380 e. The molecule has 2 aromatic heterocycles. The first-order chi connectivity index (χ1) is 18.7. The van der Waals surface area contributed by atoms with E-state index >= 15 is 0 Å². The number of amides is 1. The standard InChI is InChI=1S/C27H31F3N6O3/c1-15-8-16-2-5-23(20(16)10-31-15)39-24-13-36(18-6-7-38-14-18)12-22(24)33-25(37)11-32-26-19-9-17(27(28,29)30)3-4-21(19)34-35-26/h3-4,8-10,18,22-24H,2,5-7,11-14H2,1H3,(H,33,37)(H2,32,34,35)/t18?,22?,23?,24-/m0/s1. The molecule has 0 bridgehead atoms. The predicted octanol–water partition coefficient (Wildman–Crippen LogP) is 3.36. The fourth-order valence-corrected chi connectivity index (χ4v) is 5.86. The van der Waals surface area contributed by atoms with Gasteiger partial charge in [0.15, 0.2) is 5.82 Å². The van der Waals surface area contributed by atoms with Crippen LogP contribution in [0.1, 0.15) is 41.3 Å². The van der Waals surface area contributed by atoms with Crippen LogP contribution >= 0.6 is 0 Å². The normalized spacial score (nSPS) is 25.3. The number of carbonyl (C=O) groups excluding carboxylic acids is 1. The maximum atomic E-state index is 13.2. The number of H-pyrrole nitrogens is 1. The van der Waals surface area contributed by atoms with E-state index in [0.29, 0.717) is 25.2 Å². The molecule has 6 rings (SSSR count). The number of nitrogens with zero attached hydrogens (tertiary/aromatic N) is 3. The van der Waals surface area contributed by atoms with E-state index < -0.39 is 11.7 Å². The third-order valence-electron chi connectivity index (χ3n) is 7.89. The van der Waals surface area contributed by atoms with Gasteiger partial charge in [-0.15, -0.1) is 0 Å². The van der Waals surface area contributed by atoms with Gasteiger partial charge >= 0.3 is 6.18 Å². The summed E-state index contributed by atoms with van der Waals surface area (Å²) in [6.07, 6.45) is -0.113. The zero-order valence-electron chi connectivity index (χ0n) is 21.6. The van der Waals surface area contributed by atoms with E-state index in [-0.39, 0.29) is 47.9 Å². The molecular weight excluding hydrogens is 513 g/mol. The molecule has 1 aromatic carbocycles. The summed E-state index contributed by atoms with van der Waals surface area (Å²) in [6.45, 7) is 4.55. The Morgan fingerprint density at radius 1 is 1.26 bits per heavy atom. The van der Waals surface area contributed by atoms with E-state index in [0.717, 1.165) is 49.3 Å². The van der Waals surface area contributed by atoms with Crippen molar-refractivity contribution in [3.63, 3.8) is 0 Å². The molecule has 0 radical (unpaired) electrons. The summed E-state index contributed by atoms with van der Waals surface area (Å²) in [4.78, 5) is 19.8. The van der Waals surface area contributed by atoms with Crippen LogP contribution in [-0.2, 0) is 26.9 Å². The Kier molecular flexibility index (Phi) is 6.94. The van der Waals surface area contributed by atoms with Crippen molar-refractivity contribution in [2.75, 3.05) is 38.2 Å². The maximum absolute atomic E-state index is 13.2. The van der Waals surface area contributed by atoms with Gasteiger partial charge in [0.25, 0.3) is 0 Å². The molecule has 3 unspecified atom stereocenters. The van der Waals surface area contributed by atoms with Gasteiger partial charge in [0.1, 0.15) is 0 Å². The average Bonchev–Trinajstić information content (AvgIpc) is 3.69. The SMILES string of the molecule is Cc1cc2c(cn1)C(O[C@H]1CN(C3CCOC3)CC1NC(=O)CNc1n[nH]c3ccc(C(F)(F)F)cc13)CC2. The van der Waals surface area contributed by atoms with Crippen LogP contribution in [0.4, 0.5) is 19.0 Å². The summed E-state index contributed by atoms with van der Waals surface area (Å²) in [5, 5.41) is 13.0. The molecule has 2 fully saturated rings. The lowest BCUT2D eigenvalue weighted by atomic mass is 10.1. The van der Waals surface area contributed by atoms with Gasteiger partial charge in [-0.3, -0.25) is 19.8 Å². The number of hydrogen-bond donors (Lipinski definition) is 3. The number of hydrogen-bond acceptors (Lipinski definition) is 7. The molecule has 4 atom stereocenters. The monoisotopic (exact) mass is 544 g/mol. The van der Waals surface area contributed by atoms with Crippen LogP contribution in [0.2, 0.25) is 0 Å². The zero-order valence-corrected chi connectivity index (χ0v) is 21.6. The predicted molar refractivity (Wildman–Crippen MR) is 137 cm³/mol. The highest BCUT2D eigenvalue weighted by molar-refractivity contribution is 5.92. The van der Waals surface area contributed by atoms with Crippen molar-refractivity contribution in [1.29, 1.82) is 0 Å². The lowest BCUT2D eigenvalue weighted by Gasteiger charge is -2.24. The second kappa shape index (κ2) is 10.4. The van der Waals surface area contributed by atoms with E-state index in [1.807, 2.05) is 13.1 Å². The van der Waals surface area contributed by atoms with Crippen LogP contribution < -0.4 is 10.6 Å². The molecule has 4 heterocycles. The smallest absolute Gasteiger partial charge is 0.380 e. The number of aryl methyl sites for hydroxylation is 2. The van der Waals surface area contributed by atoms with Gasteiger partial charge in [-0.2, -0.15) is 18.3 Å². The Morgan fingerprint density at radius 3 is 2.92 bits per heavy atom. The molecule has 0 saturated carbocycles. The Labute approximate surface area is 223 Å². The van der Waals surface area contributed by atoms with E-state index in [9.17, 15) is 18.0 Å². The summed E-state index contributed by atoms with van der Waals surface area (Å²) in [5.74, 6) is -0.0917. The number of nitrogens with one attached hydrogen (secondary N) is 3. The van der Waals surface area contributed by atoms with E-state index in [1.54, 1.807) is 0 Å². The third-order valence-corrected chi connectivity index (χ3v) is 7.89. The molecule has 39 heavy (non-hydrogen) atoms. The molecule has 3 aliphatic rings. The molecule has 12 heteroatoms. The van der Waals surface area contributed by atoms with E-state index in [4.69, 9.17) is 9.47 Å². The lowest BCUT2D eigenvalue weighted by Crippen LogP contribution is -2.46. The van der Waals surface area contributed by atoms with E-state index in [2.05, 4.69) is 36.8 Å². The highest BCUT2D eigenvalue weighted by Gasteiger charge is 2.41. The molecule has 208 valence electrons. The minimum atomic E-state index is -4.47. The number of halogens is 3. The summed E-state index contributed by atoms with van der Waals surface area (Å²) in [6, 6.07) is 5.51. The number of pyridine rings is 1. The van der Waals surface area contributed by atoms with Gasteiger partial charge in [0.05, 0.1) is 42.5 Å². The van der Waals surface area contributed by atoms with Crippen LogP contribution in [0.25, 0.3) is 10.9 Å². The second-order valence-corrected chi connectivity index (χ2v) is 10.6. The van der Waals surface area contributed by atoms with Gasteiger partial charge in [-0.1, -0.05) is 0 Å². The van der Waals surface area contributed by atoms with Crippen LogP contribution in [0.15, 0.2) is 30.5 Å². The maximum Gasteiger partial charge on any atom is 0.416 e. The second-order valence-electron chi connectivity index (χ2n) is 10.6. The summed E-state index contributed by atoms with van der Waals surface area (Å²) in [5.41, 5.74) is 3.03. The topological polar surface area (TPSA) is 104 Å². The Morgan fingerprint density at radius 2 is 2.13 bits per heavy atom. The number of likely N-dealkylation sites (tertiary alicyclic amines) is 1. The first-order valence-corrected chi connectivity index (χ1v) is 13.3. The van der Waals surface area contributed by atoms with Crippen molar-refractivity contribution in [3.8, 4) is 0 Å². The molecule has 1 amide bonds. The Hall–Kier alpha value is -3.22. The summed E-state index contributed by atoms with van der Waals surface area (Å²) < 4.78 is 51.7. The first-order valence-electron chi connectivity index (χ1n) is 13.3. The summed E-state index contributed by atoms with van der Waals surface area (Å²) >= 11 is 0. The van der Waals surface area contributed by atoms with Crippen molar-refractivity contribution in [1.82, 2.24) is 25.4 Å². The molecular formula is C27H31F3N6O3. The first kappa shape index (κ1) is 26.0. The Balaban J connectivity index is 1.13. The van der Waals surface area contributed by atoms with Gasteiger partial charge in [-0.25, -0.2) is 0 Å². The fraction of sp³-hybridized carbons (Fsp3) is 0.519. The van der Waals surface area contributed by atoms with Gasteiger partial charge in [0.2, 0.25) is 5.91 Å². The van der Waals surface area contributed by atoms with Crippen molar-refractivity contribution < 1.29 is 27.4 Å². The molecule has 0 spiro atoms.